The Morgan fingerprint density at radius 1 is 1.12 bits per heavy atom. The summed E-state index contributed by atoms with van der Waals surface area (Å²) in [5.74, 6) is 0.863. The van der Waals surface area contributed by atoms with Crippen LogP contribution in [0, 0.1) is 0 Å². The second-order valence-electron chi connectivity index (χ2n) is 5.54. The van der Waals surface area contributed by atoms with E-state index in [4.69, 9.17) is 23.7 Å². The lowest BCUT2D eigenvalue weighted by Gasteiger charge is -2.28. The zero-order valence-corrected chi connectivity index (χ0v) is 14.7. The van der Waals surface area contributed by atoms with E-state index in [1.165, 1.54) is 21.3 Å². The van der Waals surface area contributed by atoms with Crippen molar-refractivity contribution in [2.45, 2.75) is 13.0 Å². The predicted octanol–water partition coefficient (Wildman–Crippen LogP) is 1.59. The number of benzene rings is 1. The Labute approximate surface area is 142 Å². The number of hydrogen-bond acceptors (Lipinski definition) is 7. The molecule has 134 valence electrons. The van der Waals surface area contributed by atoms with Gasteiger partial charge in [0.25, 0.3) is 0 Å². The van der Waals surface area contributed by atoms with Crippen LogP contribution in [0.25, 0.3) is 0 Å². The molecule has 2 rings (SSSR count). The van der Waals surface area contributed by atoms with Gasteiger partial charge in [-0.25, -0.2) is 4.79 Å². The quantitative estimate of drug-likeness (QED) is 0.699. The molecule has 0 unspecified atom stereocenters. The number of morpholine rings is 1. The van der Waals surface area contributed by atoms with Crippen LogP contribution in [0.4, 0.5) is 0 Å². The zero-order chi connectivity index (χ0) is 17.5. The van der Waals surface area contributed by atoms with Gasteiger partial charge in [0.15, 0.2) is 11.5 Å². The van der Waals surface area contributed by atoms with Crippen molar-refractivity contribution in [3.05, 3.63) is 17.7 Å². The highest BCUT2D eigenvalue weighted by molar-refractivity contribution is 5.91. The Kier molecular flexibility index (Phi) is 6.69. The normalized spacial score (nSPS) is 16.3. The Hall–Kier alpha value is -1.99. The minimum Gasteiger partial charge on any atom is -0.493 e. The summed E-state index contributed by atoms with van der Waals surface area (Å²) in [6.45, 7) is 5.70. The van der Waals surface area contributed by atoms with Crippen molar-refractivity contribution in [1.29, 1.82) is 0 Å². The number of nitrogens with zero attached hydrogens (tertiary/aromatic N) is 1. The monoisotopic (exact) mass is 339 g/mol. The van der Waals surface area contributed by atoms with Crippen LogP contribution in [-0.2, 0) is 9.47 Å². The highest BCUT2D eigenvalue weighted by atomic mass is 16.5. The molecule has 1 aromatic carbocycles. The van der Waals surface area contributed by atoms with E-state index in [1.54, 1.807) is 12.1 Å². The molecule has 0 aliphatic carbocycles. The average molecular weight is 339 g/mol. The van der Waals surface area contributed by atoms with Gasteiger partial charge in [0.2, 0.25) is 5.75 Å². The Balaban J connectivity index is 2.05. The van der Waals surface area contributed by atoms with E-state index in [9.17, 15) is 4.79 Å². The fourth-order valence-electron chi connectivity index (χ4n) is 2.63. The van der Waals surface area contributed by atoms with Crippen molar-refractivity contribution < 1.29 is 28.5 Å². The summed E-state index contributed by atoms with van der Waals surface area (Å²) in [5, 5.41) is 0. The number of carbonyl (C=O) groups excluding carboxylic acids is 1. The number of methoxy groups -OCH3 is 3. The lowest BCUT2D eigenvalue weighted by atomic mass is 10.2. The van der Waals surface area contributed by atoms with Gasteiger partial charge in [0.1, 0.15) is 6.10 Å². The molecule has 0 aromatic heterocycles. The second-order valence-corrected chi connectivity index (χ2v) is 5.54. The molecule has 0 bridgehead atoms. The van der Waals surface area contributed by atoms with Crippen LogP contribution in [0.5, 0.6) is 17.2 Å². The van der Waals surface area contributed by atoms with Crippen LogP contribution in [0.3, 0.4) is 0 Å². The molecule has 0 amide bonds. The molecule has 1 saturated heterocycles. The van der Waals surface area contributed by atoms with E-state index in [2.05, 4.69) is 4.90 Å². The first-order chi connectivity index (χ1) is 11.6. The van der Waals surface area contributed by atoms with Gasteiger partial charge in [0.05, 0.1) is 40.1 Å². The summed E-state index contributed by atoms with van der Waals surface area (Å²) in [6, 6.07) is 3.18. The first-order valence-electron chi connectivity index (χ1n) is 7.90. The topological polar surface area (TPSA) is 66.5 Å². The summed E-state index contributed by atoms with van der Waals surface area (Å²) >= 11 is 0. The molecule has 0 radical (unpaired) electrons. The van der Waals surface area contributed by atoms with Gasteiger partial charge < -0.3 is 23.7 Å². The van der Waals surface area contributed by atoms with Crippen LogP contribution in [-0.4, -0.2) is 71.2 Å². The number of esters is 1. The summed E-state index contributed by atoms with van der Waals surface area (Å²) < 4.78 is 26.6. The molecule has 0 spiro atoms. The number of rotatable bonds is 7. The summed E-state index contributed by atoms with van der Waals surface area (Å²) in [5.41, 5.74) is 0.360. The van der Waals surface area contributed by atoms with Crippen LogP contribution in [0.15, 0.2) is 12.1 Å². The molecule has 24 heavy (non-hydrogen) atoms. The number of ether oxygens (including phenoxy) is 5. The van der Waals surface area contributed by atoms with Crippen molar-refractivity contribution >= 4 is 5.97 Å². The molecular weight excluding hydrogens is 314 g/mol. The van der Waals surface area contributed by atoms with Gasteiger partial charge in [-0.05, 0) is 19.1 Å². The molecule has 1 aromatic rings. The highest BCUT2D eigenvalue weighted by Gasteiger charge is 2.21. The third-order valence-corrected chi connectivity index (χ3v) is 3.83. The Bertz CT molecular complexity index is 531. The molecule has 1 aliphatic rings. The minimum atomic E-state index is -0.421. The molecule has 1 fully saturated rings. The first kappa shape index (κ1) is 18.4. The maximum absolute atomic E-state index is 12.4. The van der Waals surface area contributed by atoms with Gasteiger partial charge in [-0.1, -0.05) is 0 Å². The van der Waals surface area contributed by atoms with Gasteiger partial charge in [-0.2, -0.15) is 0 Å². The van der Waals surface area contributed by atoms with Crippen molar-refractivity contribution in [2.24, 2.45) is 0 Å². The molecule has 1 aliphatic heterocycles. The first-order valence-corrected chi connectivity index (χ1v) is 7.90. The lowest BCUT2D eigenvalue weighted by Crippen LogP contribution is -2.41. The fraction of sp³-hybridized carbons (Fsp3) is 0.588. The molecule has 0 saturated carbocycles. The van der Waals surface area contributed by atoms with E-state index in [0.29, 0.717) is 42.6 Å². The molecule has 7 nitrogen and oxygen atoms in total. The average Bonchev–Trinajstić information content (AvgIpc) is 2.60. The van der Waals surface area contributed by atoms with Crippen molar-refractivity contribution in [2.75, 3.05) is 54.2 Å². The maximum atomic E-state index is 12.4. The van der Waals surface area contributed by atoms with E-state index in [-0.39, 0.29) is 6.10 Å². The Morgan fingerprint density at radius 3 is 2.21 bits per heavy atom. The van der Waals surface area contributed by atoms with Crippen LogP contribution in [0.2, 0.25) is 0 Å². The molecule has 0 N–H and O–H groups in total. The molecule has 7 heteroatoms. The molecular formula is C17H25NO6. The summed E-state index contributed by atoms with van der Waals surface area (Å²) in [7, 11) is 4.53. The van der Waals surface area contributed by atoms with Crippen molar-refractivity contribution in [1.82, 2.24) is 4.90 Å². The summed E-state index contributed by atoms with van der Waals surface area (Å²) in [6.07, 6.45) is -0.227. The van der Waals surface area contributed by atoms with Crippen LogP contribution in [0.1, 0.15) is 17.3 Å². The maximum Gasteiger partial charge on any atom is 0.338 e. The van der Waals surface area contributed by atoms with E-state index < -0.39 is 5.97 Å². The number of carbonyl (C=O) groups is 1. The largest absolute Gasteiger partial charge is 0.493 e. The van der Waals surface area contributed by atoms with Crippen LogP contribution < -0.4 is 14.2 Å². The van der Waals surface area contributed by atoms with Gasteiger partial charge in [-0.3, -0.25) is 4.90 Å². The lowest BCUT2D eigenvalue weighted by molar-refractivity contribution is 0.000408. The van der Waals surface area contributed by atoms with Crippen molar-refractivity contribution in [3.8, 4) is 17.2 Å². The van der Waals surface area contributed by atoms with Gasteiger partial charge in [0, 0.05) is 19.6 Å². The van der Waals surface area contributed by atoms with Gasteiger partial charge in [-0.15, -0.1) is 0 Å². The summed E-state index contributed by atoms with van der Waals surface area (Å²) in [4.78, 5) is 14.6. The standard InChI is InChI=1S/C17H25NO6/c1-12(11-18-5-7-23-8-6-18)24-17(19)13-9-14(20-2)16(22-4)15(10-13)21-3/h9-10,12H,5-8,11H2,1-4H3/t12-/m0/s1. The van der Waals surface area contributed by atoms with Crippen molar-refractivity contribution in [3.63, 3.8) is 0 Å². The zero-order valence-electron chi connectivity index (χ0n) is 14.7. The van der Waals surface area contributed by atoms with E-state index in [1.807, 2.05) is 6.92 Å². The molecule has 1 atom stereocenters. The number of hydrogen-bond donors (Lipinski definition) is 0. The predicted molar refractivity (Wildman–Crippen MR) is 88.2 cm³/mol. The van der Waals surface area contributed by atoms with Crippen LogP contribution >= 0.6 is 0 Å². The second kappa shape index (κ2) is 8.75. The Morgan fingerprint density at radius 2 is 1.71 bits per heavy atom. The molecule has 1 heterocycles. The SMILES string of the molecule is COc1cc(C(=O)O[C@@H](C)CN2CCOCC2)cc(OC)c1OC. The third kappa shape index (κ3) is 4.52. The van der Waals surface area contributed by atoms with E-state index >= 15 is 0 Å². The smallest absolute Gasteiger partial charge is 0.338 e. The minimum absolute atomic E-state index is 0.227. The van der Waals surface area contributed by atoms with E-state index in [0.717, 1.165) is 13.1 Å². The fourth-order valence-corrected chi connectivity index (χ4v) is 2.63. The highest BCUT2D eigenvalue weighted by Crippen LogP contribution is 2.38. The van der Waals surface area contributed by atoms with Gasteiger partial charge >= 0.3 is 5.97 Å². The third-order valence-electron chi connectivity index (χ3n) is 3.83.